The summed E-state index contributed by atoms with van der Waals surface area (Å²) in [7, 11) is 2.28. The maximum absolute atomic E-state index is 13.1. The van der Waals surface area contributed by atoms with E-state index in [1.807, 2.05) is 0 Å². The lowest BCUT2D eigenvalue weighted by Crippen LogP contribution is -2.67. The molecule has 26 heteroatoms. The average Bonchev–Trinajstić information content (AvgIpc) is 3.15. The Bertz CT molecular complexity index is 1550. The Morgan fingerprint density at radius 3 is 1.07 bits per heavy atom. The van der Waals surface area contributed by atoms with Crippen molar-refractivity contribution in [1.29, 1.82) is 0 Å². The summed E-state index contributed by atoms with van der Waals surface area (Å²) in [5.74, 6) is -11.4. The molecule has 0 bridgehead atoms. The number of hydrogen-bond acceptors (Lipinski definition) is 22. The number of ether oxygens (including phenoxy) is 11. The summed E-state index contributed by atoms with van der Waals surface area (Å²) in [5.41, 5.74) is 0. The molecule has 2 saturated heterocycles. The molecule has 4 N–H and O–H groups in total. The molecule has 0 radical (unpaired) electrons. The number of esters is 7. The maximum Gasteiger partial charge on any atom is 0.309 e. The van der Waals surface area contributed by atoms with Gasteiger partial charge in [0.2, 0.25) is 0 Å². The molecule has 2 aliphatic rings. The SMILES string of the molecule is CO[C@H]1O[C@H](COC(C)=O)[C@@H](OC(C)=O)[C@H](OC(C)=O)[C@H]1NC(=O)C(=O)NCC(CNC(=O)C(=O)N[C@H]1[C@@H](OC)O[C@H](COC(C)=O)[C@@H](OC(C)=O)[C@@H]1OC(C)=O)OC(C)=O. The zero-order valence-electron chi connectivity index (χ0n) is 34.7. The van der Waals surface area contributed by atoms with E-state index in [1.165, 1.54) is 0 Å². The quantitative estimate of drug-likeness (QED) is 0.0610. The average molecular weight is 879 g/mol. The zero-order valence-corrected chi connectivity index (χ0v) is 34.7. The monoisotopic (exact) mass is 878 g/mol. The largest absolute Gasteiger partial charge is 0.463 e. The minimum absolute atomic E-state index is 0.491. The summed E-state index contributed by atoms with van der Waals surface area (Å²) in [6.45, 7) is 5.02. The molecular formula is C35H50N4O22. The highest BCUT2D eigenvalue weighted by molar-refractivity contribution is 6.35. The lowest BCUT2D eigenvalue weighted by molar-refractivity contribution is -0.271. The van der Waals surface area contributed by atoms with Crippen LogP contribution in [0.3, 0.4) is 0 Å². The van der Waals surface area contributed by atoms with E-state index in [1.54, 1.807) is 0 Å². The molecule has 2 heterocycles. The van der Waals surface area contributed by atoms with Crippen LogP contribution >= 0.6 is 0 Å². The molecule has 26 nitrogen and oxygen atoms in total. The standard InChI is InChI=1S/C35H50N4O22/c1-14(40)53-12-22-26(56-17(4)43)28(58-19(6)45)24(34(51-8)60-22)38-32(49)30(47)36-10-21(55-16(3)42)11-37-31(48)33(50)39-25-29(59-20(7)46)27(57-18(5)44)23(13-54-15(2)41)61-35(25)52-9/h21-29,34-35H,10-13H2,1-9H3,(H,36,47)(H,37,48)(H,38,49)(H,39,50)/t22-,23-,24-,25-,26-,27-,28-,29-,34+,35+/m1/s1. The van der Waals surface area contributed by atoms with Crippen molar-refractivity contribution in [2.45, 2.75) is 116 Å². The van der Waals surface area contributed by atoms with Crippen molar-refractivity contribution in [3.05, 3.63) is 0 Å². The fourth-order valence-corrected chi connectivity index (χ4v) is 5.91. The molecule has 0 aliphatic carbocycles. The van der Waals surface area contributed by atoms with E-state index in [9.17, 15) is 52.7 Å². The molecule has 0 aromatic carbocycles. The van der Waals surface area contributed by atoms with Gasteiger partial charge < -0.3 is 73.4 Å². The van der Waals surface area contributed by atoms with Gasteiger partial charge in [0.15, 0.2) is 37.0 Å². The maximum atomic E-state index is 13.1. The zero-order chi connectivity index (χ0) is 46.1. The Hall–Kier alpha value is -5.99. The predicted octanol–water partition coefficient (Wildman–Crippen LogP) is -4.28. The molecule has 10 atom stereocenters. The second-order valence-electron chi connectivity index (χ2n) is 13.1. The van der Waals surface area contributed by atoms with Crippen molar-refractivity contribution in [2.24, 2.45) is 0 Å². The van der Waals surface area contributed by atoms with Crippen LogP contribution in [0.4, 0.5) is 0 Å². The highest BCUT2D eigenvalue weighted by Crippen LogP contribution is 2.29. The van der Waals surface area contributed by atoms with Gasteiger partial charge in [0.05, 0.1) is 13.1 Å². The van der Waals surface area contributed by atoms with Crippen LogP contribution in [0, 0.1) is 0 Å². The van der Waals surface area contributed by atoms with E-state index >= 15 is 0 Å². The van der Waals surface area contributed by atoms with Crippen LogP contribution in [-0.2, 0) is 105 Å². The van der Waals surface area contributed by atoms with Crippen molar-refractivity contribution in [3.63, 3.8) is 0 Å². The summed E-state index contributed by atoms with van der Waals surface area (Å²) >= 11 is 0. The van der Waals surface area contributed by atoms with Crippen LogP contribution in [0.15, 0.2) is 0 Å². The third-order valence-electron chi connectivity index (χ3n) is 8.19. The summed E-state index contributed by atoms with van der Waals surface area (Å²) < 4.78 is 58.4. The Balaban J connectivity index is 2.20. The van der Waals surface area contributed by atoms with Crippen molar-refractivity contribution in [2.75, 3.05) is 40.5 Å². The Morgan fingerprint density at radius 2 is 0.787 bits per heavy atom. The minimum atomic E-state index is -1.55. The van der Waals surface area contributed by atoms with Gasteiger partial charge in [-0.2, -0.15) is 0 Å². The molecule has 342 valence electrons. The molecule has 0 unspecified atom stereocenters. The van der Waals surface area contributed by atoms with Crippen LogP contribution in [0.2, 0.25) is 0 Å². The minimum Gasteiger partial charge on any atom is -0.463 e. The Kier molecular flexibility index (Phi) is 20.4. The van der Waals surface area contributed by atoms with Gasteiger partial charge in [0.25, 0.3) is 0 Å². The molecule has 4 amide bonds. The van der Waals surface area contributed by atoms with Gasteiger partial charge in [0.1, 0.15) is 43.6 Å². The van der Waals surface area contributed by atoms with Crippen LogP contribution in [0.1, 0.15) is 48.5 Å². The smallest absolute Gasteiger partial charge is 0.309 e. The molecule has 2 fully saturated rings. The summed E-state index contributed by atoms with van der Waals surface area (Å²) in [6.07, 6.45) is -12.9. The molecular weight excluding hydrogens is 828 g/mol. The van der Waals surface area contributed by atoms with Gasteiger partial charge >= 0.3 is 65.4 Å². The van der Waals surface area contributed by atoms with Gasteiger partial charge in [-0.15, -0.1) is 0 Å². The van der Waals surface area contributed by atoms with Crippen LogP contribution in [0.25, 0.3) is 0 Å². The van der Waals surface area contributed by atoms with E-state index in [4.69, 9.17) is 52.1 Å². The molecule has 2 aliphatic heterocycles. The van der Waals surface area contributed by atoms with Gasteiger partial charge in [-0.25, -0.2) is 0 Å². The number of rotatable bonds is 17. The number of amides is 4. The van der Waals surface area contributed by atoms with Crippen molar-refractivity contribution >= 4 is 65.4 Å². The first-order valence-corrected chi connectivity index (χ1v) is 18.2. The molecule has 0 spiro atoms. The first-order chi connectivity index (χ1) is 28.6. The molecule has 2 rings (SSSR count). The van der Waals surface area contributed by atoms with Gasteiger partial charge in [0, 0.05) is 62.7 Å². The van der Waals surface area contributed by atoms with Gasteiger partial charge in [-0.1, -0.05) is 0 Å². The molecule has 0 aromatic heterocycles. The highest BCUT2D eigenvalue weighted by Gasteiger charge is 2.53. The third-order valence-corrected chi connectivity index (χ3v) is 8.19. The predicted molar refractivity (Wildman–Crippen MR) is 192 cm³/mol. The third kappa shape index (κ3) is 16.5. The normalized spacial score (nSPS) is 25.6. The van der Waals surface area contributed by atoms with E-state index in [-0.39, 0.29) is 0 Å². The summed E-state index contributed by atoms with van der Waals surface area (Å²) in [5, 5.41) is 8.91. The van der Waals surface area contributed by atoms with Gasteiger partial charge in [-0.05, 0) is 0 Å². The Labute approximate surface area is 347 Å². The molecule has 0 saturated carbocycles. The first kappa shape index (κ1) is 51.2. The molecule has 0 aromatic rings. The van der Waals surface area contributed by atoms with E-state index in [0.717, 1.165) is 62.7 Å². The second kappa shape index (κ2) is 24.3. The van der Waals surface area contributed by atoms with Crippen molar-refractivity contribution in [1.82, 2.24) is 21.3 Å². The van der Waals surface area contributed by atoms with Crippen LogP contribution in [-0.4, -0.2) is 173 Å². The number of carbonyl (C=O) groups excluding carboxylic acids is 11. The topological polar surface area (TPSA) is 337 Å². The summed E-state index contributed by atoms with van der Waals surface area (Å²) in [4.78, 5) is 135. The lowest BCUT2D eigenvalue weighted by Gasteiger charge is -2.44. The second-order valence-corrected chi connectivity index (χ2v) is 13.1. The fraction of sp³-hybridized carbons (Fsp3) is 0.686. The number of methoxy groups -OCH3 is 2. The van der Waals surface area contributed by atoms with Crippen LogP contribution in [0.5, 0.6) is 0 Å². The molecule has 61 heavy (non-hydrogen) atoms. The van der Waals surface area contributed by atoms with E-state index in [2.05, 4.69) is 21.3 Å². The summed E-state index contributed by atoms with van der Waals surface area (Å²) in [6, 6.07) is -3.02. The van der Waals surface area contributed by atoms with Crippen molar-refractivity contribution in [3.8, 4) is 0 Å². The van der Waals surface area contributed by atoms with E-state index < -0.39 is 159 Å². The number of carbonyl (C=O) groups is 11. The van der Waals surface area contributed by atoms with Crippen molar-refractivity contribution < 1.29 is 105 Å². The Morgan fingerprint density at radius 1 is 0.459 bits per heavy atom. The highest BCUT2D eigenvalue weighted by atomic mass is 16.7. The van der Waals surface area contributed by atoms with E-state index in [0.29, 0.717) is 0 Å². The lowest BCUT2D eigenvalue weighted by atomic mass is 9.96. The van der Waals surface area contributed by atoms with Gasteiger partial charge in [-0.3, -0.25) is 52.7 Å². The van der Waals surface area contributed by atoms with Crippen LogP contribution < -0.4 is 21.3 Å². The number of hydrogen-bond donors (Lipinski definition) is 4. The fourth-order valence-electron chi connectivity index (χ4n) is 5.91. The first-order valence-electron chi connectivity index (χ1n) is 18.2. The number of nitrogens with one attached hydrogen (secondary N) is 4.